The van der Waals surface area contributed by atoms with Crippen molar-refractivity contribution < 1.29 is 36.7 Å². The topological polar surface area (TPSA) is 157 Å². The molecule has 3 aromatic rings. The Balaban J connectivity index is 1.84. The largest absolute Gasteiger partial charge is 0.495 e. The van der Waals surface area contributed by atoms with Gasteiger partial charge in [-0.2, -0.15) is 0 Å². The van der Waals surface area contributed by atoms with Crippen molar-refractivity contribution in [1.29, 1.82) is 0 Å². The Morgan fingerprint density at radius 3 is 2.44 bits per heavy atom. The van der Waals surface area contributed by atoms with Crippen molar-refractivity contribution in [3.8, 4) is 5.75 Å². The number of rotatable bonds is 10. The first-order valence-electron chi connectivity index (χ1n) is 14.0. The number of sulfone groups is 1. The van der Waals surface area contributed by atoms with Gasteiger partial charge in [0.2, 0.25) is 11.8 Å². The zero-order valence-electron chi connectivity index (χ0n) is 25.1. The Bertz CT molecular complexity index is 1730. The number of carbonyl (C=O) groups excluding carboxylic acids is 3. The highest BCUT2D eigenvalue weighted by Gasteiger charge is 2.38. The van der Waals surface area contributed by atoms with Gasteiger partial charge in [-0.3, -0.25) is 14.9 Å². The van der Waals surface area contributed by atoms with Crippen LogP contribution in [0.5, 0.6) is 5.75 Å². The molecule has 1 fully saturated rings. The normalized spacial score (nSPS) is 15.4. The Hall–Kier alpha value is -4.36. The number of halogens is 2. The van der Waals surface area contributed by atoms with Crippen molar-refractivity contribution in [3.05, 3.63) is 82.1 Å². The van der Waals surface area contributed by atoms with E-state index in [1.165, 1.54) is 61.6 Å². The second-order valence-electron chi connectivity index (χ2n) is 10.7. The van der Waals surface area contributed by atoms with Crippen molar-refractivity contribution in [2.24, 2.45) is 5.73 Å². The summed E-state index contributed by atoms with van der Waals surface area (Å²) in [6, 6.07) is 10.6. The molecule has 3 amide bonds. The lowest BCUT2D eigenvalue weighted by atomic mass is 10.0. The lowest BCUT2D eigenvalue weighted by Crippen LogP contribution is -2.38. The van der Waals surface area contributed by atoms with Crippen molar-refractivity contribution in [2.45, 2.75) is 48.9 Å². The average molecular weight is 661 g/mol. The SMILES string of the molecule is COC(=O)Nc1ccc(S(=O)(=O)C(C)C)c(C2CCCN2C(=O)[C@H](Nc2cc(C(N)=O)ccc2F)c2ccc(Cl)c(OC)c2)c1. The number of anilines is 2. The molecular formula is C31H34ClFN4O7S. The van der Waals surface area contributed by atoms with Gasteiger partial charge in [-0.25, -0.2) is 17.6 Å². The first-order chi connectivity index (χ1) is 21.3. The molecule has 240 valence electrons. The van der Waals surface area contributed by atoms with Crippen molar-refractivity contribution in [1.82, 2.24) is 4.90 Å². The summed E-state index contributed by atoms with van der Waals surface area (Å²) in [6.45, 7) is 3.37. The quantitative estimate of drug-likeness (QED) is 0.259. The summed E-state index contributed by atoms with van der Waals surface area (Å²) in [7, 11) is -1.21. The van der Waals surface area contributed by atoms with E-state index in [4.69, 9.17) is 26.8 Å². The molecule has 1 unspecified atom stereocenters. The molecule has 14 heteroatoms. The van der Waals surface area contributed by atoms with E-state index in [-0.39, 0.29) is 39.2 Å². The van der Waals surface area contributed by atoms with E-state index in [2.05, 4.69) is 10.6 Å². The molecule has 11 nitrogen and oxygen atoms in total. The Labute approximate surface area is 265 Å². The maximum absolute atomic E-state index is 15.0. The van der Waals surface area contributed by atoms with Crippen LogP contribution < -0.4 is 21.1 Å². The number of carbonyl (C=O) groups is 3. The molecule has 1 saturated heterocycles. The molecule has 2 atom stereocenters. The van der Waals surface area contributed by atoms with E-state index in [0.29, 0.717) is 24.0 Å². The summed E-state index contributed by atoms with van der Waals surface area (Å²) >= 11 is 6.25. The number of hydrogen-bond acceptors (Lipinski definition) is 8. The Kier molecular flexibility index (Phi) is 10.2. The fourth-order valence-corrected chi connectivity index (χ4v) is 6.66. The number of methoxy groups -OCH3 is 2. The van der Waals surface area contributed by atoms with Crippen LogP contribution in [0.25, 0.3) is 0 Å². The fraction of sp³-hybridized carbons (Fsp3) is 0.323. The van der Waals surface area contributed by atoms with E-state index in [1.54, 1.807) is 19.9 Å². The number of benzene rings is 3. The van der Waals surface area contributed by atoms with E-state index < -0.39 is 50.9 Å². The number of nitrogens with zero attached hydrogens (tertiary/aromatic N) is 1. The fourth-order valence-electron chi connectivity index (χ4n) is 5.18. The van der Waals surface area contributed by atoms with Crippen LogP contribution in [0.3, 0.4) is 0 Å². The third-order valence-electron chi connectivity index (χ3n) is 7.57. The summed E-state index contributed by atoms with van der Waals surface area (Å²) in [5.41, 5.74) is 6.25. The molecule has 0 radical (unpaired) electrons. The highest BCUT2D eigenvalue weighted by Crippen LogP contribution is 2.40. The molecule has 3 aromatic carbocycles. The molecule has 0 saturated carbocycles. The van der Waals surface area contributed by atoms with Crippen molar-refractivity contribution >= 4 is 50.7 Å². The number of likely N-dealkylation sites (tertiary alicyclic amines) is 1. The minimum absolute atomic E-state index is 0.0236. The molecule has 1 heterocycles. The number of nitrogens with one attached hydrogen (secondary N) is 2. The highest BCUT2D eigenvalue weighted by molar-refractivity contribution is 7.92. The number of hydrogen-bond donors (Lipinski definition) is 3. The van der Waals surface area contributed by atoms with Crippen LogP contribution in [0.4, 0.5) is 20.6 Å². The standard InChI is InChI=1S/C31H34ClFN4O7S/c1-17(2)45(41,42)27-12-9-20(35-31(40)44-4)16-21(27)25-6-5-13-37(25)30(39)28(18-7-10-22(32)26(15-18)43-3)36-24-14-19(29(34)38)8-11-23(24)33/h7-12,14-17,25,28,36H,5-6,13H2,1-4H3,(H2,34,38)(H,35,40)/t25?,28-/m1/s1. The molecule has 0 aliphatic carbocycles. The third kappa shape index (κ3) is 7.15. The minimum atomic E-state index is -3.82. The molecule has 0 spiro atoms. The van der Waals surface area contributed by atoms with Gasteiger partial charge in [0.25, 0.3) is 0 Å². The van der Waals surface area contributed by atoms with Gasteiger partial charge in [0.15, 0.2) is 9.84 Å². The van der Waals surface area contributed by atoms with Crippen LogP contribution in [-0.2, 0) is 19.4 Å². The molecule has 0 aromatic heterocycles. The van der Waals surface area contributed by atoms with E-state index >= 15 is 4.39 Å². The molecule has 4 rings (SSSR count). The molecule has 45 heavy (non-hydrogen) atoms. The lowest BCUT2D eigenvalue weighted by Gasteiger charge is -2.32. The van der Waals surface area contributed by atoms with Crippen LogP contribution in [0.1, 0.15) is 60.3 Å². The van der Waals surface area contributed by atoms with Gasteiger partial charge >= 0.3 is 6.09 Å². The highest BCUT2D eigenvalue weighted by atomic mass is 35.5. The molecular weight excluding hydrogens is 627 g/mol. The maximum Gasteiger partial charge on any atom is 0.411 e. The summed E-state index contributed by atoms with van der Waals surface area (Å²) in [4.78, 5) is 39.8. The number of amides is 3. The lowest BCUT2D eigenvalue weighted by molar-refractivity contribution is -0.133. The van der Waals surface area contributed by atoms with Crippen LogP contribution in [0, 0.1) is 5.82 Å². The third-order valence-corrected chi connectivity index (χ3v) is 10.1. The number of nitrogens with two attached hydrogens (primary N) is 1. The average Bonchev–Trinajstić information content (AvgIpc) is 3.50. The Morgan fingerprint density at radius 2 is 1.80 bits per heavy atom. The van der Waals surface area contributed by atoms with Crippen LogP contribution in [-0.4, -0.2) is 57.2 Å². The van der Waals surface area contributed by atoms with E-state index in [9.17, 15) is 22.8 Å². The number of ether oxygens (including phenoxy) is 2. The summed E-state index contributed by atoms with van der Waals surface area (Å²) in [5.74, 6) is -1.76. The predicted octanol–water partition coefficient (Wildman–Crippen LogP) is 5.46. The monoisotopic (exact) mass is 660 g/mol. The molecule has 4 N–H and O–H groups in total. The molecule has 1 aliphatic heterocycles. The summed E-state index contributed by atoms with van der Waals surface area (Å²) < 4.78 is 52.0. The van der Waals surface area contributed by atoms with Crippen LogP contribution in [0.2, 0.25) is 5.02 Å². The Morgan fingerprint density at radius 1 is 1.07 bits per heavy atom. The van der Waals surface area contributed by atoms with Gasteiger partial charge in [0.05, 0.1) is 41.1 Å². The van der Waals surface area contributed by atoms with E-state index in [0.717, 1.165) is 6.07 Å². The summed E-state index contributed by atoms with van der Waals surface area (Å²) in [5, 5.41) is 4.99. The van der Waals surface area contributed by atoms with Gasteiger partial charge < -0.3 is 25.4 Å². The van der Waals surface area contributed by atoms with Crippen molar-refractivity contribution in [2.75, 3.05) is 31.4 Å². The predicted molar refractivity (Wildman–Crippen MR) is 168 cm³/mol. The smallest absolute Gasteiger partial charge is 0.411 e. The first kappa shape index (κ1) is 33.5. The van der Waals surface area contributed by atoms with Crippen molar-refractivity contribution in [3.63, 3.8) is 0 Å². The van der Waals surface area contributed by atoms with Gasteiger partial charge in [-0.05, 0) is 86.3 Å². The van der Waals surface area contributed by atoms with Gasteiger partial charge in [-0.15, -0.1) is 0 Å². The second kappa shape index (κ2) is 13.7. The van der Waals surface area contributed by atoms with E-state index in [1.807, 2.05) is 0 Å². The van der Waals surface area contributed by atoms with Gasteiger partial charge in [-0.1, -0.05) is 17.7 Å². The second-order valence-corrected chi connectivity index (χ2v) is 13.6. The zero-order chi connectivity index (χ0) is 33.1. The van der Waals surface area contributed by atoms with Gasteiger partial charge in [0, 0.05) is 17.8 Å². The first-order valence-corrected chi connectivity index (χ1v) is 15.9. The van der Waals surface area contributed by atoms with Crippen LogP contribution in [0.15, 0.2) is 59.5 Å². The molecule has 1 aliphatic rings. The summed E-state index contributed by atoms with van der Waals surface area (Å²) in [6.07, 6.45) is 0.200. The van der Waals surface area contributed by atoms with Gasteiger partial charge in [0.1, 0.15) is 17.6 Å². The number of primary amides is 1. The maximum atomic E-state index is 15.0. The minimum Gasteiger partial charge on any atom is -0.495 e. The molecule has 0 bridgehead atoms. The van der Waals surface area contributed by atoms with Crippen LogP contribution >= 0.6 is 11.6 Å². The zero-order valence-corrected chi connectivity index (χ0v) is 26.7.